The Morgan fingerprint density at radius 3 is 2.22 bits per heavy atom. The van der Waals surface area contributed by atoms with Gasteiger partial charge in [0.15, 0.2) is 0 Å². The molecule has 7 nitrogen and oxygen atoms in total. The fourth-order valence-electron chi connectivity index (χ4n) is 5.03. The van der Waals surface area contributed by atoms with E-state index in [-0.39, 0.29) is 49.7 Å². The highest BCUT2D eigenvalue weighted by Crippen LogP contribution is 2.31. The number of benzene rings is 2. The summed E-state index contributed by atoms with van der Waals surface area (Å²) in [4.78, 5) is 28.3. The largest absolute Gasteiger partial charge is 0.353 e. The standard InChI is InChI=1S/C28H39N5O2.2ClH/c1-21(2)29-15-16-30-27(34)19-32(26-14-8-12-22-9-6-7-13-25(22)26)20-28(35)31(3)33-17-23-10-4-5-11-24(23)18-33;;/h4-5,8,10-12,14,21,29H,6-7,9,13,15-20H2,1-3H3,(H,30,34);2*1H. The first-order valence-corrected chi connectivity index (χ1v) is 12.9. The van der Waals surface area contributed by atoms with Crippen LogP contribution in [0.1, 0.15) is 48.9 Å². The molecule has 2 aliphatic rings. The van der Waals surface area contributed by atoms with Crippen LogP contribution in [0.4, 0.5) is 5.69 Å². The number of anilines is 1. The lowest BCUT2D eigenvalue weighted by atomic mass is 9.90. The Balaban J connectivity index is 0.00000241. The molecule has 0 saturated carbocycles. The quantitative estimate of drug-likeness (QED) is 0.442. The van der Waals surface area contributed by atoms with Crippen molar-refractivity contribution in [2.45, 2.75) is 58.7 Å². The molecule has 204 valence electrons. The Kier molecular flexibility index (Phi) is 12.2. The van der Waals surface area contributed by atoms with Crippen molar-refractivity contribution >= 4 is 42.3 Å². The van der Waals surface area contributed by atoms with Crippen molar-refractivity contribution in [1.29, 1.82) is 0 Å². The van der Waals surface area contributed by atoms with Crippen LogP contribution in [-0.2, 0) is 35.5 Å². The topological polar surface area (TPSA) is 67.9 Å². The molecule has 9 heteroatoms. The van der Waals surface area contributed by atoms with E-state index >= 15 is 0 Å². The highest BCUT2D eigenvalue weighted by molar-refractivity contribution is 5.87. The normalized spacial score (nSPS) is 14.2. The van der Waals surface area contributed by atoms with Gasteiger partial charge in [-0.25, -0.2) is 5.01 Å². The molecule has 0 fully saturated rings. The van der Waals surface area contributed by atoms with Gasteiger partial charge < -0.3 is 15.5 Å². The molecular formula is C28H41Cl2N5O2. The van der Waals surface area contributed by atoms with Gasteiger partial charge >= 0.3 is 0 Å². The molecule has 0 aromatic heterocycles. The first-order valence-electron chi connectivity index (χ1n) is 12.9. The van der Waals surface area contributed by atoms with Crippen molar-refractivity contribution in [2.75, 3.05) is 38.1 Å². The van der Waals surface area contributed by atoms with Crippen LogP contribution in [0.2, 0.25) is 0 Å². The van der Waals surface area contributed by atoms with Crippen LogP contribution in [0, 0.1) is 0 Å². The van der Waals surface area contributed by atoms with Gasteiger partial charge in [-0.1, -0.05) is 50.2 Å². The molecule has 4 rings (SSSR count). The third kappa shape index (κ3) is 8.08. The number of nitrogens with one attached hydrogen (secondary N) is 2. The molecule has 1 aliphatic heterocycles. The number of hydrogen-bond donors (Lipinski definition) is 2. The Labute approximate surface area is 233 Å². The average molecular weight is 551 g/mol. The van der Waals surface area contributed by atoms with Crippen molar-refractivity contribution in [3.8, 4) is 0 Å². The number of amides is 2. The number of fused-ring (bicyclic) bond motifs is 2. The van der Waals surface area contributed by atoms with E-state index < -0.39 is 0 Å². The van der Waals surface area contributed by atoms with Crippen LogP contribution in [0.25, 0.3) is 0 Å². The predicted molar refractivity (Wildman–Crippen MR) is 154 cm³/mol. The smallest absolute Gasteiger partial charge is 0.256 e. The van der Waals surface area contributed by atoms with Gasteiger partial charge in [0.1, 0.15) is 0 Å². The monoisotopic (exact) mass is 549 g/mol. The van der Waals surface area contributed by atoms with Crippen LogP contribution in [0.15, 0.2) is 42.5 Å². The van der Waals surface area contributed by atoms with E-state index in [2.05, 4.69) is 59.8 Å². The Bertz CT molecular complexity index is 1020. The molecule has 2 N–H and O–H groups in total. The van der Waals surface area contributed by atoms with Crippen LogP contribution in [-0.4, -0.2) is 61.1 Å². The number of aryl methyl sites for hydroxylation is 1. The van der Waals surface area contributed by atoms with Crippen molar-refractivity contribution in [2.24, 2.45) is 0 Å². The van der Waals surface area contributed by atoms with Crippen LogP contribution in [0.3, 0.4) is 0 Å². The predicted octanol–water partition coefficient (Wildman–Crippen LogP) is 3.72. The summed E-state index contributed by atoms with van der Waals surface area (Å²) in [7, 11) is 1.84. The lowest BCUT2D eigenvalue weighted by Crippen LogP contribution is -2.48. The van der Waals surface area contributed by atoms with Crippen molar-refractivity contribution in [3.63, 3.8) is 0 Å². The first-order chi connectivity index (χ1) is 16.9. The number of carbonyl (C=O) groups is 2. The molecule has 2 aromatic rings. The lowest BCUT2D eigenvalue weighted by molar-refractivity contribution is -0.145. The van der Waals surface area contributed by atoms with Gasteiger partial charge in [-0.2, -0.15) is 0 Å². The molecule has 1 aliphatic carbocycles. The van der Waals surface area contributed by atoms with Gasteiger partial charge in [-0.15, -0.1) is 24.8 Å². The summed E-state index contributed by atoms with van der Waals surface area (Å²) in [5.41, 5.74) is 6.17. The van der Waals surface area contributed by atoms with Crippen LogP contribution < -0.4 is 15.5 Å². The minimum atomic E-state index is -0.0620. The summed E-state index contributed by atoms with van der Waals surface area (Å²) in [6, 6.07) is 15.0. The molecule has 0 spiro atoms. The van der Waals surface area contributed by atoms with Crippen molar-refractivity contribution in [1.82, 2.24) is 20.7 Å². The molecule has 0 bridgehead atoms. The Morgan fingerprint density at radius 1 is 0.892 bits per heavy atom. The highest BCUT2D eigenvalue weighted by atomic mass is 35.5. The van der Waals surface area contributed by atoms with E-state index in [1.165, 1.54) is 28.7 Å². The zero-order valence-electron chi connectivity index (χ0n) is 22.2. The Hall–Kier alpha value is -2.32. The first kappa shape index (κ1) is 30.9. The number of carbonyl (C=O) groups excluding carboxylic acids is 2. The van der Waals surface area contributed by atoms with Gasteiger partial charge in [-0.05, 0) is 54.0 Å². The minimum Gasteiger partial charge on any atom is -0.353 e. The molecule has 1 heterocycles. The molecule has 0 radical (unpaired) electrons. The maximum absolute atomic E-state index is 13.5. The van der Waals surface area contributed by atoms with Gasteiger partial charge in [0.25, 0.3) is 5.91 Å². The van der Waals surface area contributed by atoms with E-state index in [1.807, 2.05) is 24.1 Å². The van der Waals surface area contributed by atoms with Gasteiger partial charge in [-0.3, -0.25) is 14.6 Å². The van der Waals surface area contributed by atoms with E-state index in [0.717, 1.165) is 44.6 Å². The van der Waals surface area contributed by atoms with Crippen LogP contribution >= 0.6 is 24.8 Å². The van der Waals surface area contributed by atoms with Crippen molar-refractivity contribution < 1.29 is 9.59 Å². The van der Waals surface area contributed by atoms with E-state index in [0.29, 0.717) is 12.6 Å². The summed E-state index contributed by atoms with van der Waals surface area (Å²) in [5.74, 6) is -0.0755. The zero-order chi connectivity index (χ0) is 24.8. The Morgan fingerprint density at radius 2 is 1.54 bits per heavy atom. The minimum absolute atomic E-state index is 0. The van der Waals surface area contributed by atoms with E-state index in [4.69, 9.17) is 0 Å². The summed E-state index contributed by atoms with van der Waals surface area (Å²) in [6.07, 6.45) is 4.39. The van der Waals surface area contributed by atoms with Crippen molar-refractivity contribution in [3.05, 3.63) is 64.7 Å². The second kappa shape index (κ2) is 14.6. The average Bonchev–Trinajstić information content (AvgIpc) is 3.29. The second-order valence-electron chi connectivity index (χ2n) is 9.95. The highest BCUT2D eigenvalue weighted by Gasteiger charge is 2.27. The number of hydrazine groups is 1. The number of likely N-dealkylation sites (N-methyl/N-ethyl adjacent to an activating group) is 1. The summed E-state index contributed by atoms with van der Waals surface area (Å²) in [6.45, 7) is 7.24. The third-order valence-corrected chi connectivity index (χ3v) is 6.98. The second-order valence-corrected chi connectivity index (χ2v) is 9.95. The van der Waals surface area contributed by atoms with Crippen LogP contribution in [0.5, 0.6) is 0 Å². The molecule has 0 unspecified atom stereocenters. The molecule has 2 amide bonds. The third-order valence-electron chi connectivity index (χ3n) is 6.98. The SMILES string of the molecule is CC(C)NCCNC(=O)CN(CC(=O)N(C)N1Cc2ccccc2C1)c1cccc2c1CCCC2.Cl.Cl. The number of hydrogen-bond acceptors (Lipinski definition) is 5. The van der Waals surface area contributed by atoms with E-state index in [1.54, 1.807) is 5.01 Å². The molecule has 0 saturated heterocycles. The maximum atomic E-state index is 13.5. The number of nitrogens with zero attached hydrogens (tertiary/aromatic N) is 3. The number of halogens is 2. The number of rotatable bonds is 10. The molecule has 2 aromatic carbocycles. The van der Waals surface area contributed by atoms with Gasteiger partial charge in [0.05, 0.1) is 13.1 Å². The van der Waals surface area contributed by atoms with E-state index in [9.17, 15) is 9.59 Å². The fraction of sp³-hybridized carbons (Fsp3) is 0.500. The summed E-state index contributed by atoms with van der Waals surface area (Å²) < 4.78 is 0. The summed E-state index contributed by atoms with van der Waals surface area (Å²) >= 11 is 0. The molecular weight excluding hydrogens is 509 g/mol. The van der Waals surface area contributed by atoms with Gasteiger partial charge in [0.2, 0.25) is 5.91 Å². The molecule has 0 atom stereocenters. The fourth-order valence-corrected chi connectivity index (χ4v) is 5.03. The van der Waals surface area contributed by atoms with Gasteiger partial charge in [0, 0.05) is 45.0 Å². The lowest BCUT2D eigenvalue weighted by Gasteiger charge is -2.33. The maximum Gasteiger partial charge on any atom is 0.256 e. The summed E-state index contributed by atoms with van der Waals surface area (Å²) in [5, 5.41) is 10.1. The zero-order valence-corrected chi connectivity index (χ0v) is 23.8. The molecule has 37 heavy (non-hydrogen) atoms.